The predicted octanol–water partition coefficient (Wildman–Crippen LogP) is 2.85. The van der Waals surface area contributed by atoms with Crippen molar-refractivity contribution < 1.29 is 8.78 Å². The second-order valence-corrected chi connectivity index (χ2v) is 5.56. The molecular weight excluding hydrogens is 246 g/mol. The Kier molecular flexibility index (Phi) is 3.80. The molecule has 0 amide bonds. The largest absolute Gasteiger partial charge is 0.312 e. The molecule has 2 nitrogen and oxygen atoms in total. The average molecular weight is 266 g/mol. The van der Waals surface area contributed by atoms with Gasteiger partial charge in [0.2, 0.25) is 0 Å². The quantitative estimate of drug-likeness (QED) is 0.905. The maximum absolute atomic E-state index is 14.1. The van der Waals surface area contributed by atoms with Crippen LogP contribution >= 0.6 is 0 Å². The summed E-state index contributed by atoms with van der Waals surface area (Å²) in [7, 11) is 0. The van der Waals surface area contributed by atoms with Crippen molar-refractivity contribution in [2.45, 2.75) is 37.8 Å². The van der Waals surface area contributed by atoms with Crippen LogP contribution in [0, 0.1) is 11.6 Å². The zero-order valence-electron chi connectivity index (χ0n) is 11.0. The topological polar surface area (TPSA) is 15.3 Å². The van der Waals surface area contributed by atoms with E-state index in [9.17, 15) is 8.78 Å². The van der Waals surface area contributed by atoms with E-state index in [1.807, 2.05) is 0 Å². The maximum atomic E-state index is 14.1. The number of likely N-dealkylation sites (tertiary alicyclic amines) is 1. The molecule has 0 radical (unpaired) electrons. The summed E-state index contributed by atoms with van der Waals surface area (Å²) in [5, 5.41) is 3.47. The van der Waals surface area contributed by atoms with Gasteiger partial charge >= 0.3 is 0 Å². The van der Waals surface area contributed by atoms with Crippen LogP contribution < -0.4 is 5.32 Å². The molecule has 2 aliphatic rings. The number of hydrogen-bond donors (Lipinski definition) is 1. The van der Waals surface area contributed by atoms with Gasteiger partial charge in [0.15, 0.2) is 0 Å². The highest BCUT2D eigenvalue weighted by Gasteiger charge is 2.33. The van der Waals surface area contributed by atoms with Crippen molar-refractivity contribution in [2.24, 2.45) is 0 Å². The van der Waals surface area contributed by atoms with Gasteiger partial charge in [-0.15, -0.1) is 0 Å². The van der Waals surface area contributed by atoms with E-state index < -0.39 is 11.6 Å². The minimum atomic E-state index is -0.499. The van der Waals surface area contributed by atoms with Crippen molar-refractivity contribution in [3.05, 3.63) is 35.4 Å². The van der Waals surface area contributed by atoms with Crippen LogP contribution in [0.5, 0.6) is 0 Å². The Labute approximate surface area is 112 Å². The summed E-state index contributed by atoms with van der Waals surface area (Å²) in [6.45, 7) is 3.02. The molecule has 1 N–H and O–H groups in total. The summed E-state index contributed by atoms with van der Waals surface area (Å²) < 4.78 is 27.2. The van der Waals surface area contributed by atoms with Crippen molar-refractivity contribution in [3.8, 4) is 0 Å². The molecule has 3 rings (SSSR count). The number of nitrogens with zero attached hydrogens (tertiary/aromatic N) is 1. The van der Waals surface area contributed by atoms with E-state index >= 15 is 0 Å². The molecule has 2 fully saturated rings. The van der Waals surface area contributed by atoms with E-state index in [0.29, 0.717) is 5.56 Å². The van der Waals surface area contributed by atoms with E-state index in [1.54, 1.807) is 6.07 Å². The second kappa shape index (κ2) is 5.55. The lowest BCUT2D eigenvalue weighted by Gasteiger charge is -2.33. The normalized spacial score (nSPS) is 25.9. The van der Waals surface area contributed by atoms with E-state index in [0.717, 1.165) is 38.5 Å². The van der Waals surface area contributed by atoms with Gasteiger partial charge in [-0.2, -0.15) is 0 Å². The number of benzene rings is 1. The first kappa shape index (κ1) is 13.0. The first-order valence-electron chi connectivity index (χ1n) is 7.18. The van der Waals surface area contributed by atoms with Crippen LogP contribution in [-0.4, -0.2) is 30.6 Å². The fourth-order valence-electron chi connectivity index (χ4n) is 3.41. The van der Waals surface area contributed by atoms with Gasteiger partial charge < -0.3 is 5.32 Å². The Hall–Kier alpha value is -1.00. The molecule has 19 heavy (non-hydrogen) atoms. The molecule has 2 saturated heterocycles. The van der Waals surface area contributed by atoms with Gasteiger partial charge in [-0.25, -0.2) is 8.78 Å². The maximum Gasteiger partial charge on any atom is 0.130 e. The Balaban J connectivity index is 1.92. The lowest BCUT2D eigenvalue weighted by molar-refractivity contribution is 0.197. The smallest absolute Gasteiger partial charge is 0.130 e. The fourth-order valence-corrected chi connectivity index (χ4v) is 3.41. The molecule has 0 aromatic heterocycles. The van der Waals surface area contributed by atoms with Crippen molar-refractivity contribution in [2.75, 3.05) is 19.6 Å². The minimum absolute atomic E-state index is 0.0469. The van der Waals surface area contributed by atoms with Crippen LogP contribution in [0.1, 0.15) is 37.3 Å². The number of rotatable bonds is 3. The van der Waals surface area contributed by atoms with Crippen LogP contribution in [0.3, 0.4) is 0 Å². The van der Waals surface area contributed by atoms with E-state index in [2.05, 4.69) is 10.2 Å². The fraction of sp³-hybridized carbons (Fsp3) is 0.600. The zero-order valence-corrected chi connectivity index (χ0v) is 11.0. The van der Waals surface area contributed by atoms with Gasteiger partial charge in [0, 0.05) is 17.7 Å². The SMILES string of the molecule is Fc1ccc(C(C2CCCN2)N2CCCC2)c(F)c1. The molecule has 0 aliphatic carbocycles. The number of halogens is 2. The van der Waals surface area contributed by atoms with Crippen LogP contribution in [0.2, 0.25) is 0 Å². The van der Waals surface area contributed by atoms with Crippen molar-refractivity contribution in [3.63, 3.8) is 0 Å². The summed E-state index contributed by atoms with van der Waals surface area (Å²) in [6.07, 6.45) is 4.55. The third-order valence-electron chi connectivity index (χ3n) is 4.29. The summed E-state index contributed by atoms with van der Waals surface area (Å²) in [4.78, 5) is 2.35. The molecular formula is C15H20F2N2. The van der Waals surface area contributed by atoms with Crippen molar-refractivity contribution in [1.82, 2.24) is 10.2 Å². The molecule has 4 heteroatoms. The Morgan fingerprint density at radius 2 is 1.95 bits per heavy atom. The van der Waals surface area contributed by atoms with Crippen molar-refractivity contribution >= 4 is 0 Å². The molecule has 0 spiro atoms. The summed E-state index contributed by atoms with van der Waals surface area (Å²) in [5.41, 5.74) is 0.641. The summed E-state index contributed by atoms with van der Waals surface area (Å²) >= 11 is 0. The average Bonchev–Trinajstić information content (AvgIpc) is 3.06. The third kappa shape index (κ3) is 2.65. The zero-order chi connectivity index (χ0) is 13.2. The molecule has 0 saturated carbocycles. The van der Waals surface area contributed by atoms with E-state index in [4.69, 9.17) is 0 Å². The molecule has 1 aromatic carbocycles. The third-order valence-corrected chi connectivity index (χ3v) is 4.29. The van der Waals surface area contributed by atoms with Gasteiger partial charge in [0.05, 0.1) is 6.04 Å². The molecule has 2 aliphatic heterocycles. The highest BCUT2D eigenvalue weighted by Crippen LogP contribution is 2.33. The molecule has 2 atom stereocenters. The standard InChI is InChI=1S/C15H20F2N2/c16-11-5-6-12(13(17)10-11)15(14-4-3-7-18-14)19-8-1-2-9-19/h5-6,10,14-15,18H,1-4,7-9H2. The Bertz CT molecular complexity index is 422. The Morgan fingerprint density at radius 1 is 1.16 bits per heavy atom. The highest BCUT2D eigenvalue weighted by atomic mass is 19.1. The van der Waals surface area contributed by atoms with Gasteiger partial charge in [0.25, 0.3) is 0 Å². The van der Waals surface area contributed by atoms with Crippen LogP contribution in [0.25, 0.3) is 0 Å². The first-order chi connectivity index (χ1) is 9.25. The Morgan fingerprint density at radius 3 is 2.58 bits per heavy atom. The monoisotopic (exact) mass is 266 g/mol. The van der Waals surface area contributed by atoms with Crippen LogP contribution in [-0.2, 0) is 0 Å². The summed E-state index contributed by atoms with van der Waals surface area (Å²) in [5.74, 6) is -0.911. The molecule has 104 valence electrons. The first-order valence-corrected chi connectivity index (χ1v) is 7.18. The van der Waals surface area contributed by atoms with Crippen molar-refractivity contribution in [1.29, 1.82) is 0 Å². The molecule has 1 aromatic rings. The van der Waals surface area contributed by atoms with Gasteiger partial charge in [0.1, 0.15) is 11.6 Å². The highest BCUT2D eigenvalue weighted by molar-refractivity contribution is 5.24. The molecule has 2 heterocycles. The number of hydrogen-bond acceptors (Lipinski definition) is 2. The van der Waals surface area contributed by atoms with Crippen LogP contribution in [0.4, 0.5) is 8.78 Å². The van der Waals surface area contributed by atoms with E-state index in [1.165, 1.54) is 18.9 Å². The summed E-state index contributed by atoms with van der Waals surface area (Å²) in [6, 6.07) is 4.33. The van der Waals surface area contributed by atoms with Gasteiger partial charge in [-0.05, 0) is 51.4 Å². The lowest BCUT2D eigenvalue weighted by Crippen LogP contribution is -2.40. The molecule has 0 bridgehead atoms. The van der Waals surface area contributed by atoms with E-state index in [-0.39, 0.29) is 12.1 Å². The van der Waals surface area contributed by atoms with Gasteiger partial charge in [-0.1, -0.05) is 6.07 Å². The lowest BCUT2D eigenvalue weighted by atomic mass is 9.96. The number of nitrogens with one attached hydrogen (secondary N) is 1. The van der Waals surface area contributed by atoms with Crippen LogP contribution in [0.15, 0.2) is 18.2 Å². The predicted molar refractivity (Wildman–Crippen MR) is 70.9 cm³/mol. The second-order valence-electron chi connectivity index (χ2n) is 5.56. The molecule has 2 unspecified atom stereocenters. The minimum Gasteiger partial charge on any atom is -0.312 e. The van der Waals surface area contributed by atoms with Gasteiger partial charge in [-0.3, -0.25) is 4.90 Å².